The van der Waals surface area contributed by atoms with Crippen LogP contribution in [0.2, 0.25) is 0 Å². The van der Waals surface area contributed by atoms with E-state index in [9.17, 15) is 0 Å². The summed E-state index contributed by atoms with van der Waals surface area (Å²) in [5.74, 6) is 2.56. The normalized spacial score (nSPS) is 32.9. The zero-order valence-electron chi connectivity index (χ0n) is 8.96. The second-order valence-corrected chi connectivity index (χ2v) is 4.58. The first-order valence-electron chi connectivity index (χ1n) is 5.51. The first-order valence-corrected chi connectivity index (χ1v) is 5.51. The summed E-state index contributed by atoms with van der Waals surface area (Å²) in [5.41, 5.74) is 0. The molecule has 0 radical (unpaired) electrons. The molecule has 1 saturated carbocycles. The molecule has 2 N–H and O–H groups in total. The van der Waals surface area contributed by atoms with Crippen LogP contribution < -0.4 is 5.32 Å². The molecule has 1 fully saturated rings. The summed E-state index contributed by atoms with van der Waals surface area (Å²) in [6, 6.07) is 0.595. The van der Waals surface area contributed by atoms with Crippen LogP contribution in [0.5, 0.6) is 0 Å². The second-order valence-electron chi connectivity index (χ2n) is 4.58. The molecule has 0 aromatic carbocycles. The summed E-state index contributed by atoms with van der Waals surface area (Å²) in [6.07, 6.45) is 7.58. The molecule has 1 heterocycles. The molecule has 78 valence electrons. The topological polar surface area (TPSA) is 40.7 Å². The van der Waals surface area contributed by atoms with Gasteiger partial charge in [-0.15, -0.1) is 0 Å². The molecule has 0 bridgehead atoms. The molecule has 0 amide bonds. The van der Waals surface area contributed by atoms with Gasteiger partial charge in [-0.3, -0.25) is 0 Å². The molecule has 0 spiro atoms. The highest BCUT2D eigenvalue weighted by molar-refractivity contribution is 5.25. The smallest absolute Gasteiger partial charge is 0.200 e. The fourth-order valence-corrected chi connectivity index (χ4v) is 2.40. The van der Waals surface area contributed by atoms with Gasteiger partial charge in [0.1, 0.15) is 0 Å². The van der Waals surface area contributed by atoms with Crippen molar-refractivity contribution < 1.29 is 0 Å². The summed E-state index contributed by atoms with van der Waals surface area (Å²) in [4.78, 5) is 7.29. The number of imidazole rings is 1. The SMILES string of the molecule is CC1CCC(Nc2ncc[nH]2)C(C)C1. The van der Waals surface area contributed by atoms with Crippen molar-refractivity contribution >= 4 is 5.95 Å². The Bertz CT molecular complexity index is 268. The van der Waals surface area contributed by atoms with Crippen LogP contribution >= 0.6 is 0 Å². The number of aromatic amines is 1. The summed E-state index contributed by atoms with van der Waals surface area (Å²) in [6.45, 7) is 4.68. The molecule has 3 unspecified atom stereocenters. The van der Waals surface area contributed by atoms with E-state index in [1.54, 1.807) is 6.20 Å². The minimum atomic E-state index is 0.595. The molecule has 1 aliphatic rings. The molecule has 1 aromatic heterocycles. The molecule has 14 heavy (non-hydrogen) atoms. The van der Waals surface area contributed by atoms with Crippen molar-refractivity contribution in [3.05, 3.63) is 12.4 Å². The summed E-state index contributed by atoms with van der Waals surface area (Å²) in [7, 11) is 0. The molecule has 0 saturated heterocycles. The maximum atomic E-state index is 4.20. The van der Waals surface area contributed by atoms with E-state index < -0.39 is 0 Å². The highest BCUT2D eigenvalue weighted by Gasteiger charge is 2.25. The fourth-order valence-electron chi connectivity index (χ4n) is 2.40. The van der Waals surface area contributed by atoms with Gasteiger partial charge in [0, 0.05) is 18.4 Å². The Labute approximate surface area is 85.3 Å². The van der Waals surface area contributed by atoms with E-state index >= 15 is 0 Å². The quantitative estimate of drug-likeness (QED) is 0.758. The number of hydrogen-bond acceptors (Lipinski definition) is 2. The van der Waals surface area contributed by atoms with Crippen molar-refractivity contribution in [2.24, 2.45) is 11.8 Å². The van der Waals surface area contributed by atoms with E-state index in [2.05, 4.69) is 29.1 Å². The molecule has 3 nitrogen and oxygen atoms in total. The second kappa shape index (κ2) is 4.03. The van der Waals surface area contributed by atoms with Crippen LogP contribution in [0.4, 0.5) is 5.95 Å². The van der Waals surface area contributed by atoms with Crippen LogP contribution in [0.25, 0.3) is 0 Å². The van der Waals surface area contributed by atoms with Crippen LogP contribution in [0.1, 0.15) is 33.1 Å². The van der Waals surface area contributed by atoms with Crippen LogP contribution in [0.3, 0.4) is 0 Å². The van der Waals surface area contributed by atoms with E-state index in [4.69, 9.17) is 0 Å². The Morgan fingerprint density at radius 2 is 2.29 bits per heavy atom. The number of aromatic nitrogens is 2. The van der Waals surface area contributed by atoms with Gasteiger partial charge in [-0.25, -0.2) is 4.98 Å². The number of hydrogen-bond donors (Lipinski definition) is 2. The third-order valence-corrected chi connectivity index (χ3v) is 3.25. The Hall–Kier alpha value is -0.990. The van der Waals surface area contributed by atoms with Crippen LogP contribution in [-0.4, -0.2) is 16.0 Å². The summed E-state index contributed by atoms with van der Waals surface area (Å²) < 4.78 is 0. The Morgan fingerprint density at radius 3 is 2.93 bits per heavy atom. The van der Waals surface area contributed by atoms with Crippen molar-refractivity contribution in [2.45, 2.75) is 39.2 Å². The highest BCUT2D eigenvalue weighted by atomic mass is 15.1. The van der Waals surface area contributed by atoms with Gasteiger partial charge in [0.2, 0.25) is 0 Å². The van der Waals surface area contributed by atoms with Crippen molar-refractivity contribution in [3.63, 3.8) is 0 Å². The number of nitrogens with zero attached hydrogens (tertiary/aromatic N) is 1. The lowest BCUT2D eigenvalue weighted by molar-refractivity contribution is 0.276. The highest BCUT2D eigenvalue weighted by Crippen LogP contribution is 2.29. The zero-order chi connectivity index (χ0) is 9.97. The minimum Gasteiger partial charge on any atom is -0.353 e. The average molecular weight is 193 g/mol. The van der Waals surface area contributed by atoms with Gasteiger partial charge in [0.25, 0.3) is 0 Å². The maximum absolute atomic E-state index is 4.20. The Kier molecular flexibility index (Phi) is 2.75. The van der Waals surface area contributed by atoms with Gasteiger partial charge in [0.05, 0.1) is 0 Å². The van der Waals surface area contributed by atoms with E-state index in [0.29, 0.717) is 6.04 Å². The summed E-state index contributed by atoms with van der Waals surface area (Å²) >= 11 is 0. The van der Waals surface area contributed by atoms with Gasteiger partial charge in [-0.05, 0) is 31.1 Å². The number of rotatable bonds is 2. The van der Waals surface area contributed by atoms with E-state index in [0.717, 1.165) is 17.8 Å². The largest absolute Gasteiger partial charge is 0.353 e. The Balaban J connectivity index is 1.92. The standard InChI is InChI=1S/C11H19N3/c1-8-3-4-10(9(2)7-8)14-11-12-5-6-13-11/h5-6,8-10H,3-4,7H2,1-2H3,(H2,12,13,14). The third-order valence-electron chi connectivity index (χ3n) is 3.25. The lowest BCUT2D eigenvalue weighted by Gasteiger charge is -2.32. The Morgan fingerprint density at radius 1 is 1.43 bits per heavy atom. The van der Waals surface area contributed by atoms with Crippen LogP contribution in [0, 0.1) is 11.8 Å². The molecule has 3 heteroatoms. The lowest BCUT2D eigenvalue weighted by Crippen LogP contribution is -2.33. The third kappa shape index (κ3) is 2.08. The monoisotopic (exact) mass is 193 g/mol. The van der Waals surface area contributed by atoms with Crippen molar-refractivity contribution in [3.8, 4) is 0 Å². The van der Waals surface area contributed by atoms with E-state index in [1.165, 1.54) is 19.3 Å². The van der Waals surface area contributed by atoms with E-state index in [-0.39, 0.29) is 0 Å². The van der Waals surface area contributed by atoms with Gasteiger partial charge >= 0.3 is 0 Å². The number of anilines is 1. The molecule has 1 aromatic rings. The predicted molar refractivity (Wildman–Crippen MR) is 58.2 cm³/mol. The maximum Gasteiger partial charge on any atom is 0.200 e. The molecule has 2 rings (SSSR count). The van der Waals surface area contributed by atoms with Crippen molar-refractivity contribution in [1.29, 1.82) is 0 Å². The van der Waals surface area contributed by atoms with Crippen molar-refractivity contribution in [2.75, 3.05) is 5.32 Å². The molecular weight excluding hydrogens is 174 g/mol. The van der Waals surface area contributed by atoms with E-state index in [1.807, 2.05) is 6.20 Å². The average Bonchev–Trinajstić information content (AvgIpc) is 2.62. The number of H-pyrrole nitrogens is 1. The predicted octanol–water partition coefficient (Wildman–Crippen LogP) is 2.65. The van der Waals surface area contributed by atoms with Crippen LogP contribution in [0.15, 0.2) is 12.4 Å². The summed E-state index contributed by atoms with van der Waals surface area (Å²) in [5, 5.41) is 3.46. The fraction of sp³-hybridized carbons (Fsp3) is 0.727. The van der Waals surface area contributed by atoms with Gasteiger partial charge in [0.15, 0.2) is 5.95 Å². The molecule has 0 aliphatic heterocycles. The molecule has 3 atom stereocenters. The minimum absolute atomic E-state index is 0.595. The van der Waals surface area contributed by atoms with Gasteiger partial charge in [-0.1, -0.05) is 13.8 Å². The number of nitrogens with one attached hydrogen (secondary N) is 2. The lowest BCUT2D eigenvalue weighted by atomic mass is 9.80. The first kappa shape index (κ1) is 9.56. The van der Waals surface area contributed by atoms with Gasteiger partial charge in [-0.2, -0.15) is 0 Å². The first-order chi connectivity index (χ1) is 6.75. The zero-order valence-corrected chi connectivity index (χ0v) is 8.96. The van der Waals surface area contributed by atoms with Crippen molar-refractivity contribution in [1.82, 2.24) is 9.97 Å². The molecular formula is C11H19N3. The van der Waals surface area contributed by atoms with Gasteiger partial charge < -0.3 is 10.3 Å². The van der Waals surface area contributed by atoms with Crippen LogP contribution in [-0.2, 0) is 0 Å². The molecule has 1 aliphatic carbocycles.